The summed E-state index contributed by atoms with van der Waals surface area (Å²) in [6, 6.07) is 10.5. The first kappa shape index (κ1) is 24.0. The Morgan fingerprint density at radius 2 is 1.82 bits per heavy atom. The molecule has 3 aromatic rings. The van der Waals surface area contributed by atoms with Crippen LogP contribution in [0, 0.1) is 11.6 Å². The fourth-order valence-electron chi connectivity index (χ4n) is 3.72. The Kier molecular flexibility index (Phi) is 6.26. The largest absolute Gasteiger partial charge is 0.485 e. The molecular formula is C23H19F5N2O3S. The van der Waals surface area contributed by atoms with Gasteiger partial charge >= 0.3 is 6.18 Å². The van der Waals surface area contributed by atoms with Gasteiger partial charge in [-0.05, 0) is 61.1 Å². The first-order valence-electron chi connectivity index (χ1n) is 10.1. The van der Waals surface area contributed by atoms with Gasteiger partial charge < -0.3 is 10.1 Å². The molecule has 5 nitrogen and oxygen atoms in total. The summed E-state index contributed by atoms with van der Waals surface area (Å²) in [5, 5.41) is 2.87. The lowest BCUT2D eigenvalue weighted by atomic mass is 10.0. The van der Waals surface area contributed by atoms with Gasteiger partial charge in [0, 0.05) is 12.1 Å². The molecule has 1 aliphatic heterocycles. The first-order chi connectivity index (χ1) is 16.0. The van der Waals surface area contributed by atoms with Gasteiger partial charge in [-0.15, -0.1) is 0 Å². The Bertz CT molecular complexity index is 1330. The first-order valence-corrected chi connectivity index (χ1v) is 11.6. The molecule has 0 spiro atoms. The molecule has 11 heteroatoms. The van der Waals surface area contributed by atoms with Gasteiger partial charge in [-0.1, -0.05) is 12.1 Å². The second-order valence-electron chi connectivity index (χ2n) is 7.67. The van der Waals surface area contributed by atoms with Gasteiger partial charge in [-0.2, -0.15) is 13.2 Å². The van der Waals surface area contributed by atoms with Crippen LogP contribution in [-0.4, -0.2) is 34.7 Å². The van der Waals surface area contributed by atoms with E-state index in [9.17, 15) is 30.4 Å². The van der Waals surface area contributed by atoms with Crippen LogP contribution in [0.15, 0.2) is 65.6 Å². The van der Waals surface area contributed by atoms with Crippen LogP contribution in [0.1, 0.15) is 5.56 Å². The maximum atomic E-state index is 14.4. The summed E-state index contributed by atoms with van der Waals surface area (Å²) in [5.41, 5.74) is -1.03. The average molecular weight is 498 g/mol. The molecule has 34 heavy (non-hydrogen) atoms. The molecule has 0 aliphatic carbocycles. The van der Waals surface area contributed by atoms with E-state index >= 15 is 0 Å². The van der Waals surface area contributed by atoms with Crippen LogP contribution in [0.5, 0.6) is 5.75 Å². The minimum atomic E-state index is -4.73. The van der Waals surface area contributed by atoms with Crippen LogP contribution in [-0.2, 0) is 16.2 Å². The zero-order chi connectivity index (χ0) is 24.7. The lowest BCUT2D eigenvalue weighted by Gasteiger charge is -2.36. The van der Waals surface area contributed by atoms with Crippen LogP contribution in [0.25, 0.3) is 11.1 Å². The van der Waals surface area contributed by atoms with Gasteiger partial charge in [0.1, 0.15) is 23.5 Å². The molecule has 0 amide bonds. The third kappa shape index (κ3) is 4.58. The standard InChI is InChI=1S/C23H19F5N2O3S/c1-29-12-17-13-30(34(31,32)18-4-2-3-15(10-18)23(26,27)28)21-9-14(5-8-22(21)33-17)19-11-16(24)6-7-20(19)25/h2-11,17,29H,12-13H2,1H3/t17-/m0/s1. The highest BCUT2D eigenvalue weighted by atomic mass is 32.2. The summed E-state index contributed by atoms with van der Waals surface area (Å²) in [6.07, 6.45) is -5.37. The van der Waals surface area contributed by atoms with E-state index in [2.05, 4.69) is 5.32 Å². The Labute approximate surface area is 192 Å². The third-order valence-corrected chi connectivity index (χ3v) is 7.09. The number of alkyl halides is 3. The van der Waals surface area contributed by atoms with Crippen LogP contribution in [0.3, 0.4) is 0 Å². The molecule has 0 unspecified atom stereocenters. The van der Waals surface area contributed by atoms with Crippen LogP contribution in [0.2, 0.25) is 0 Å². The zero-order valence-corrected chi connectivity index (χ0v) is 18.6. The quantitative estimate of drug-likeness (QED) is 0.513. The van der Waals surface area contributed by atoms with Crippen molar-refractivity contribution in [3.05, 3.63) is 77.9 Å². The molecule has 0 radical (unpaired) electrons. The van der Waals surface area contributed by atoms with Crippen LogP contribution < -0.4 is 14.4 Å². The Morgan fingerprint density at radius 3 is 2.53 bits per heavy atom. The molecule has 0 saturated carbocycles. The Hall–Kier alpha value is -3.18. The number of benzene rings is 3. The normalized spacial score (nSPS) is 16.2. The van der Waals surface area contributed by atoms with E-state index in [0.29, 0.717) is 6.07 Å². The fourth-order valence-corrected chi connectivity index (χ4v) is 5.26. The van der Waals surface area contributed by atoms with E-state index < -0.39 is 44.4 Å². The molecule has 1 N–H and O–H groups in total. The SMILES string of the molecule is CNC[C@H]1CN(S(=O)(=O)c2cccc(C(F)(F)F)c2)c2cc(-c3cc(F)ccc3F)ccc2O1. The topological polar surface area (TPSA) is 58.6 Å². The smallest absolute Gasteiger partial charge is 0.416 e. The van der Waals surface area contributed by atoms with Gasteiger partial charge in [0.15, 0.2) is 0 Å². The van der Waals surface area contributed by atoms with E-state index in [1.54, 1.807) is 7.05 Å². The molecule has 1 aliphatic rings. The summed E-state index contributed by atoms with van der Waals surface area (Å²) in [6.45, 7) is 0.0514. The minimum Gasteiger partial charge on any atom is -0.485 e. The minimum absolute atomic E-state index is 0.00549. The predicted molar refractivity (Wildman–Crippen MR) is 116 cm³/mol. The second-order valence-corrected chi connectivity index (χ2v) is 9.53. The molecular weight excluding hydrogens is 479 g/mol. The van der Waals surface area contributed by atoms with Gasteiger partial charge in [0.2, 0.25) is 0 Å². The van der Waals surface area contributed by atoms with Gasteiger partial charge in [0.25, 0.3) is 10.0 Å². The number of hydrogen-bond donors (Lipinski definition) is 1. The van der Waals surface area contributed by atoms with Gasteiger partial charge in [-0.3, -0.25) is 4.31 Å². The molecule has 0 fully saturated rings. The number of nitrogens with zero attached hydrogens (tertiary/aromatic N) is 1. The molecule has 0 bridgehead atoms. The summed E-state index contributed by atoms with van der Waals surface area (Å²) in [4.78, 5) is -0.555. The molecule has 0 saturated heterocycles. The van der Waals surface area contributed by atoms with Crippen molar-refractivity contribution in [2.75, 3.05) is 24.4 Å². The van der Waals surface area contributed by atoms with Crippen molar-refractivity contribution in [2.24, 2.45) is 0 Å². The molecule has 180 valence electrons. The van der Waals surface area contributed by atoms with E-state index in [-0.39, 0.29) is 35.7 Å². The summed E-state index contributed by atoms with van der Waals surface area (Å²) in [5.74, 6) is -1.27. The van der Waals surface area contributed by atoms with E-state index in [4.69, 9.17) is 4.74 Å². The zero-order valence-electron chi connectivity index (χ0n) is 17.7. The van der Waals surface area contributed by atoms with E-state index in [1.807, 2.05) is 0 Å². The van der Waals surface area contributed by atoms with Crippen molar-refractivity contribution >= 4 is 15.7 Å². The molecule has 1 atom stereocenters. The number of rotatable bonds is 5. The van der Waals surface area contributed by atoms with Crippen molar-refractivity contribution in [1.82, 2.24) is 5.32 Å². The van der Waals surface area contributed by atoms with Gasteiger partial charge in [0.05, 0.1) is 22.7 Å². The molecule has 3 aromatic carbocycles. The number of fused-ring (bicyclic) bond motifs is 1. The van der Waals surface area contributed by atoms with E-state index in [1.165, 1.54) is 18.2 Å². The van der Waals surface area contributed by atoms with Crippen molar-refractivity contribution in [3.63, 3.8) is 0 Å². The number of hydrogen-bond acceptors (Lipinski definition) is 4. The molecule has 4 rings (SSSR count). The van der Waals surface area contributed by atoms with Crippen molar-refractivity contribution in [1.29, 1.82) is 0 Å². The van der Waals surface area contributed by atoms with Crippen LogP contribution in [0.4, 0.5) is 27.6 Å². The molecule has 0 aromatic heterocycles. The maximum absolute atomic E-state index is 14.4. The Morgan fingerprint density at radius 1 is 1.06 bits per heavy atom. The number of likely N-dealkylation sites (N-methyl/N-ethyl adjacent to an activating group) is 1. The second kappa shape index (κ2) is 8.88. The summed E-state index contributed by atoms with van der Waals surface area (Å²) >= 11 is 0. The average Bonchev–Trinajstić information content (AvgIpc) is 2.79. The lowest BCUT2D eigenvalue weighted by molar-refractivity contribution is -0.137. The third-order valence-electron chi connectivity index (χ3n) is 5.31. The summed E-state index contributed by atoms with van der Waals surface area (Å²) in [7, 11) is -2.83. The summed E-state index contributed by atoms with van der Waals surface area (Å²) < 4.78 is 101. The van der Waals surface area contributed by atoms with Gasteiger partial charge in [-0.25, -0.2) is 17.2 Å². The number of nitrogens with one attached hydrogen (secondary N) is 1. The number of halogens is 5. The fraction of sp³-hybridized carbons (Fsp3) is 0.217. The number of sulfonamides is 1. The van der Waals surface area contributed by atoms with Crippen molar-refractivity contribution in [3.8, 4) is 16.9 Å². The number of anilines is 1. The lowest BCUT2D eigenvalue weighted by Crippen LogP contribution is -2.47. The molecule has 1 heterocycles. The van der Waals surface area contributed by atoms with E-state index in [0.717, 1.165) is 40.7 Å². The Balaban J connectivity index is 1.85. The monoisotopic (exact) mass is 498 g/mol. The predicted octanol–water partition coefficient (Wildman–Crippen LogP) is 4.83. The number of ether oxygens (including phenoxy) is 1. The highest BCUT2D eigenvalue weighted by Crippen LogP contribution is 2.41. The van der Waals surface area contributed by atoms with Crippen molar-refractivity contribution < 1.29 is 35.1 Å². The van der Waals surface area contributed by atoms with Crippen molar-refractivity contribution in [2.45, 2.75) is 17.2 Å². The highest BCUT2D eigenvalue weighted by molar-refractivity contribution is 7.92. The van der Waals surface area contributed by atoms with Crippen LogP contribution >= 0.6 is 0 Å². The highest BCUT2D eigenvalue weighted by Gasteiger charge is 2.37. The maximum Gasteiger partial charge on any atom is 0.416 e.